The summed E-state index contributed by atoms with van der Waals surface area (Å²) in [5, 5.41) is 6.12. The molecule has 0 N–H and O–H groups in total. The van der Waals surface area contributed by atoms with Gasteiger partial charge in [-0.3, -0.25) is 9.13 Å². The van der Waals surface area contributed by atoms with Crippen molar-refractivity contribution in [3.05, 3.63) is 213 Å². The Labute approximate surface area is 359 Å². The fourth-order valence-corrected chi connectivity index (χ4v) is 10.1. The SMILES string of the molecule is C/C=C\C.C=C/C=C\C(=C/C)c1nc2c(c3cc4c5ccccc5n(-c5cccc6c5sc5c(-c7ccccc7)cccc56)c4cc3n2-c2ccccc2)n1-c1ccccc1. The molecule has 0 spiro atoms. The Hall–Kier alpha value is -7.47. The van der Waals surface area contributed by atoms with Crippen molar-refractivity contribution in [3.8, 4) is 28.2 Å². The fraction of sp³-hybridized carbons (Fsp3) is 0.0536. The Kier molecular flexibility index (Phi) is 9.87. The molecule has 0 radical (unpaired) electrons. The van der Waals surface area contributed by atoms with Crippen molar-refractivity contribution in [1.82, 2.24) is 18.7 Å². The van der Waals surface area contributed by atoms with Crippen molar-refractivity contribution in [3.63, 3.8) is 0 Å². The van der Waals surface area contributed by atoms with Crippen molar-refractivity contribution in [2.45, 2.75) is 20.8 Å². The lowest BCUT2D eigenvalue weighted by atomic mass is 10.0. The molecule has 4 nitrogen and oxygen atoms in total. The average molecular weight is 805 g/mol. The molecule has 4 aromatic heterocycles. The lowest BCUT2D eigenvalue weighted by Crippen LogP contribution is -2.01. The second-order valence-electron chi connectivity index (χ2n) is 15.0. The van der Waals surface area contributed by atoms with Gasteiger partial charge < -0.3 is 4.57 Å². The number of nitrogens with zero attached hydrogens (tertiary/aromatic N) is 4. The smallest absolute Gasteiger partial charge is 0.165 e. The summed E-state index contributed by atoms with van der Waals surface area (Å²) in [5.74, 6) is 0.882. The Bertz CT molecular complexity index is 3500. The van der Waals surface area contributed by atoms with Gasteiger partial charge in [0.15, 0.2) is 5.65 Å². The highest BCUT2D eigenvalue weighted by molar-refractivity contribution is 7.26. The quantitative estimate of drug-likeness (QED) is 0.116. The summed E-state index contributed by atoms with van der Waals surface area (Å²) in [7, 11) is 0. The van der Waals surface area contributed by atoms with Crippen molar-refractivity contribution in [2.75, 3.05) is 0 Å². The Morgan fingerprint density at radius 3 is 1.84 bits per heavy atom. The molecule has 11 rings (SSSR count). The van der Waals surface area contributed by atoms with Crippen LogP contribution in [0.15, 0.2) is 207 Å². The molecule has 11 aromatic rings. The molecule has 4 heterocycles. The van der Waals surface area contributed by atoms with Crippen LogP contribution in [0.4, 0.5) is 0 Å². The molecule has 0 amide bonds. The van der Waals surface area contributed by atoms with Crippen LogP contribution in [0.5, 0.6) is 0 Å². The van der Waals surface area contributed by atoms with Crippen LogP contribution < -0.4 is 0 Å². The second-order valence-corrected chi connectivity index (χ2v) is 16.0. The number of benzene rings is 7. The topological polar surface area (TPSA) is 27.7 Å². The predicted octanol–water partition coefficient (Wildman–Crippen LogP) is 15.8. The van der Waals surface area contributed by atoms with Crippen molar-refractivity contribution >= 4 is 81.0 Å². The van der Waals surface area contributed by atoms with Gasteiger partial charge in [0.05, 0.1) is 26.9 Å². The standard InChI is InChI=1S/C52H36N4S.C4H8/c1-3-5-19-34(4-2)51-53-52-48(55(51)37-24-13-8-14-25-37)43-32-42-39-26-15-16-30-44(39)56(46(42)33-47(43)54(52)36-22-11-7-12-23-36)45-31-18-29-41-40-28-17-27-38(49(40)57-50(41)45)35-20-9-6-10-21-35;1-3-4-2/h3-33H,1H2,2H3;3-4H,1-2H3/b19-5-,34-4+;4-3-. The molecule has 0 bridgehead atoms. The predicted molar refractivity (Wildman–Crippen MR) is 264 cm³/mol. The van der Waals surface area contributed by atoms with E-state index in [-0.39, 0.29) is 0 Å². The summed E-state index contributed by atoms with van der Waals surface area (Å²) in [4.78, 5) is 5.51. The number of aromatic nitrogens is 4. The first kappa shape index (κ1) is 37.8. The van der Waals surface area contributed by atoms with Crippen LogP contribution in [0.1, 0.15) is 26.6 Å². The maximum atomic E-state index is 5.51. The number of hydrogen-bond acceptors (Lipinski definition) is 2. The van der Waals surface area contributed by atoms with Crippen LogP contribution in [-0.2, 0) is 0 Å². The van der Waals surface area contributed by atoms with Crippen LogP contribution in [0, 0.1) is 0 Å². The number of rotatable bonds is 7. The third-order valence-corrected chi connectivity index (χ3v) is 12.8. The molecule has 0 saturated heterocycles. The molecule has 294 valence electrons. The van der Waals surface area contributed by atoms with Crippen LogP contribution in [0.2, 0.25) is 0 Å². The van der Waals surface area contributed by atoms with E-state index in [2.05, 4.69) is 203 Å². The van der Waals surface area contributed by atoms with Crippen LogP contribution >= 0.6 is 11.3 Å². The maximum absolute atomic E-state index is 5.51. The largest absolute Gasteiger partial charge is 0.308 e. The zero-order chi connectivity index (χ0) is 41.5. The summed E-state index contributed by atoms with van der Waals surface area (Å²) >= 11 is 1.89. The minimum atomic E-state index is 0.882. The van der Waals surface area contributed by atoms with Crippen molar-refractivity contribution < 1.29 is 0 Å². The molecular weight excluding hydrogens is 761 g/mol. The van der Waals surface area contributed by atoms with Gasteiger partial charge in [0.25, 0.3) is 0 Å². The minimum Gasteiger partial charge on any atom is -0.308 e. The van der Waals surface area contributed by atoms with Crippen LogP contribution in [-0.4, -0.2) is 18.7 Å². The van der Waals surface area contributed by atoms with Gasteiger partial charge in [0, 0.05) is 48.6 Å². The maximum Gasteiger partial charge on any atom is 0.165 e. The Morgan fingerprint density at radius 1 is 0.541 bits per heavy atom. The molecular formula is C56H44N4S. The Morgan fingerprint density at radius 2 is 1.15 bits per heavy atom. The fourth-order valence-electron chi connectivity index (χ4n) is 8.72. The van der Waals surface area contributed by atoms with Crippen LogP contribution in [0.25, 0.3) is 97.8 Å². The van der Waals surface area contributed by atoms with Gasteiger partial charge >= 0.3 is 0 Å². The normalized spacial score (nSPS) is 12.2. The molecule has 0 atom stereocenters. The molecule has 0 aliphatic carbocycles. The highest BCUT2D eigenvalue weighted by atomic mass is 32.1. The van der Waals surface area contributed by atoms with Gasteiger partial charge in [0.1, 0.15) is 11.3 Å². The van der Waals surface area contributed by atoms with Crippen molar-refractivity contribution in [1.29, 1.82) is 0 Å². The summed E-state index contributed by atoms with van der Waals surface area (Å²) in [6.45, 7) is 10.0. The van der Waals surface area contributed by atoms with Gasteiger partial charge in [-0.1, -0.05) is 158 Å². The average Bonchev–Trinajstić information content (AvgIpc) is 4.07. The lowest BCUT2D eigenvalue weighted by Gasteiger charge is -2.12. The first-order valence-electron chi connectivity index (χ1n) is 20.8. The van der Waals surface area contributed by atoms with E-state index < -0.39 is 0 Å². The number of allylic oxidation sites excluding steroid dienone is 7. The zero-order valence-electron chi connectivity index (χ0n) is 34.5. The molecule has 0 fully saturated rings. The highest BCUT2D eigenvalue weighted by Crippen LogP contribution is 2.46. The monoisotopic (exact) mass is 804 g/mol. The molecule has 0 aliphatic rings. The van der Waals surface area contributed by atoms with E-state index in [9.17, 15) is 0 Å². The van der Waals surface area contributed by atoms with E-state index in [0.717, 1.165) is 50.4 Å². The Balaban J connectivity index is 0.00000107. The molecule has 0 aliphatic heterocycles. The van der Waals surface area contributed by atoms with E-state index in [1.54, 1.807) is 0 Å². The van der Waals surface area contributed by atoms with Gasteiger partial charge in [-0.2, -0.15) is 0 Å². The molecule has 7 aromatic carbocycles. The minimum absolute atomic E-state index is 0.882. The number of fused-ring (bicyclic) bond motifs is 9. The summed E-state index contributed by atoms with van der Waals surface area (Å²) in [6.07, 6.45) is 12.0. The number of thiophene rings is 1. The molecule has 61 heavy (non-hydrogen) atoms. The molecule has 5 heteroatoms. The third-order valence-electron chi connectivity index (χ3n) is 11.5. The van der Waals surface area contributed by atoms with E-state index in [0.29, 0.717) is 0 Å². The molecule has 0 saturated carbocycles. The number of imidazole rings is 1. The first-order chi connectivity index (χ1) is 30.1. The summed E-state index contributed by atoms with van der Waals surface area (Å²) in [5.41, 5.74) is 12.2. The van der Waals surface area contributed by atoms with E-state index >= 15 is 0 Å². The molecule has 0 unspecified atom stereocenters. The van der Waals surface area contributed by atoms with Crippen LogP contribution in [0.3, 0.4) is 0 Å². The van der Waals surface area contributed by atoms with E-state index in [1.807, 2.05) is 49.5 Å². The highest BCUT2D eigenvalue weighted by Gasteiger charge is 2.26. The van der Waals surface area contributed by atoms with Gasteiger partial charge in [-0.25, -0.2) is 4.98 Å². The number of hydrogen-bond donors (Lipinski definition) is 0. The second kappa shape index (κ2) is 15.9. The van der Waals surface area contributed by atoms with E-state index in [1.165, 1.54) is 53.3 Å². The zero-order valence-corrected chi connectivity index (χ0v) is 35.3. The summed E-state index contributed by atoms with van der Waals surface area (Å²) in [6, 6.07) is 59.1. The summed E-state index contributed by atoms with van der Waals surface area (Å²) < 4.78 is 9.73. The van der Waals surface area contributed by atoms with E-state index in [4.69, 9.17) is 4.98 Å². The van der Waals surface area contributed by atoms with Gasteiger partial charge in [0.2, 0.25) is 0 Å². The number of para-hydroxylation sites is 3. The van der Waals surface area contributed by atoms with Gasteiger partial charge in [-0.05, 0) is 80.4 Å². The third kappa shape index (κ3) is 6.25. The van der Waals surface area contributed by atoms with Gasteiger partial charge in [-0.15, -0.1) is 11.3 Å². The van der Waals surface area contributed by atoms with Crippen molar-refractivity contribution in [2.24, 2.45) is 0 Å². The lowest BCUT2D eigenvalue weighted by molar-refractivity contribution is 1.05. The first-order valence-corrected chi connectivity index (χ1v) is 21.6.